The van der Waals surface area contributed by atoms with Crippen molar-refractivity contribution < 1.29 is 0 Å². The third-order valence-electron chi connectivity index (χ3n) is 2.78. The zero-order valence-corrected chi connectivity index (χ0v) is 12.3. The molecule has 0 radical (unpaired) electrons. The fraction of sp³-hybridized carbons (Fsp3) is 0.692. The third-order valence-corrected chi connectivity index (χ3v) is 3.00. The quantitative estimate of drug-likeness (QED) is 0.838. The largest absolute Gasteiger partial charge is 0.365 e. The number of nitrogens with one attached hydrogen (secondary N) is 1. The van der Waals surface area contributed by atoms with Crippen LogP contribution in [0.1, 0.15) is 34.1 Å². The highest BCUT2D eigenvalue weighted by molar-refractivity contribution is 6.17. The summed E-state index contributed by atoms with van der Waals surface area (Å²) < 4.78 is 1.69. The van der Waals surface area contributed by atoms with E-state index in [2.05, 4.69) is 17.2 Å². The molecule has 102 valence electrons. The highest BCUT2D eigenvalue weighted by atomic mass is 35.5. The Morgan fingerprint density at radius 3 is 2.72 bits per heavy atom. The van der Waals surface area contributed by atoms with Crippen molar-refractivity contribution in [3.05, 3.63) is 22.7 Å². The number of rotatable bonds is 5. The van der Waals surface area contributed by atoms with Crippen molar-refractivity contribution in [2.24, 2.45) is 5.92 Å². The van der Waals surface area contributed by atoms with Crippen LogP contribution in [-0.4, -0.2) is 22.0 Å². The van der Waals surface area contributed by atoms with Gasteiger partial charge in [-0.1, -0.05) is 6.92 Å². The lowest BCUT2D eigenvalue weighted by molar-refractivity contribution is 0.383. The van der Waals surface area contributed by atoms with Gasteiger partial charge >= 0.3 is 0 Å². The molecule has 0 aliphatic rings. The average molecular weight is 272 g/mol. The van der Waals surface area contributed by atoms with Gasteiger partial charge in [0.15, 0.2) is 5.82 Å². The van der Waals surface area contributed by atoms with Crippen molar-refractivity contribution in [1.29, 1.82) is 0 Å². The van der Waals surface area contributed by atoms with E-state index in [0.29, 0.717) is 24.2 Å². The minimum Gasteiger partial charge on any atom is -0.365 e. The molecule has 0 saturated heterocycles. The number of halogens is 1. The summed E-state index contributed by atoms with van der Waals surface area (Å²) in [6.07, 6.45) is 4.30. The minimum atomic E-state index is -0.238. The van der Waals surface area contributed by atoms with Crippen LogP contribution in [0.25, 0.3) is 0 Å². The fourth-order valence-corrected chi connectivity index (χ4v) is 1.99. The second kappa shape index (κ2) is 6.23. The van der Waals surface area contributed by atoms with Crippen LogP contribution in [0.15, 0.2) is 17.2 Å². The van der Waals surface area contributed by atoms with Gasteiger partial charge in [0, 0.05) is 30.4 Å². The Balaban J connectivity index is 2.82. The van der Waals surface area contributed by atoms with Gasteiger partial charge < -0.3 is 9.88 Å². The van der Waals surface area contributed by atoms with Gasteiger partial charge in [0.25, 0.3) is 5.56 Å². The molecule has 1 atom stereocenters. The summed E-state index contributed by atoms with van der Waals surface area (Å²) >= 11 is 5.69. The minimum absolute atomic E-state index is 0.0805. The van der Waals surface area contributed by atoms with Crippen molar-refractivity contribution >= 4 is 17.4 Å². The molecule has 0 bridgehead atoms. The van der Waals surface area contributed by atoms with Gasteiger partial charge in [-0.05, 0) is 33.1 Å². The maximum atomic E-state index is 12.2. The molecule has 0 aliphatic carbocycles. The average Bonchev–Trinajstić information content (AvgIpc) is 2.26. The lowest BCUT2D eigenvalue weighted by Gasteiger charge is -2.22. The van der Waals surface area contributed by atoms with Crippen LogP contribution in [0.5, 0.6) is 0 Å². The number of anilines is 1. The Hall–Kier alpha value is -1.03. The van der Waals surface area contributed by atoms with E-state index in [-0.39, 0.29) is 11.1 Å². The van der Waals surface area contributed by atoms with E-state index < -0.39 is 0 Å². The summed E-state index contributed by atoms with van der Waals surface area (Å²) in [7, 11) is 0. The first kappa shape index (κ1) is 15.0. The molecule has 4 nitrogen and oxygen atoms in total. The lowest BCUT2D eigenvalue weighted by Crippen LogP contribution is -2.35. The molecule has 1 rings (SSSR count). The predicted octanol–water partition coefficient (Wildman–Crippen LogP) is 2.68. The maximum absolute atomic E-state index is 12.2. The van der Waals surface area contributed by atoms with Gasteiger partial charge in [-0.2, -0.15) is 0 Å². The topological polar surface area (TPSA) is 46.9 Å². The molecule has 1 heterocycles. The van der Waals surface area contributed by atoms with Crippen molar-refractivity contribution in [1.82, 2.24) is 9.55 Å². The Morgan fingerprint density at radius 2 is 2.17 bits per heavy atom. The van der Waals surface area contributed by atoms with Gasteiger partial charge in [0.2, 0.25) is 0 Å². The number of nitrogens with zero attached hydrogens (tertiary/aromatic N) is 2. The molecule has 5 heteroatoms. The van der Waals surface area contributed by atoms with Crippen molar-refractivity contribution in [2.45, 2.75) is 39.7 Å². The fourth-order valence-electron chi connectivity index (χ4n) is 1.62. The molecule has 0 aromatic carbocycles. The van der Waals surface area contributed by atoms with Crippen LogP contribution in [0.2, 0.25) is 0 Å². The summed E-state index contributed by atoms with van der Waals surface area (Å²) in [4.78, 5) is 16.3. The van der Waals surface area contributed by atoms with E-state index in [0.717, 1.165) is 6.42 Å². The SMILES string of the molecule is CC(CCCl)CNc1nccn(C(C)(C)C)c1=O. The van der Waals surface area contributed by atoms with Crippen molar-refractivity contribution in [2.75, 3.05) is 17.7 Å². The third kappa shape index (κ3) is 4.02. The smallest absolute Gasteiger partial charge is 0.293 e. The highest BCUT2D eigenvalue weighted by Gasteiger charge is 2.16. The van der Waals surface area contributed by atoms with E-state index >= 15 is 0 Å². The Morgan fingerprint density at radius 1 is 1.50 bits per heavy atom. The van der Waals surface area contributed by atoms with E-state index in [1.165, 1.54) is 0 Å². The number of alkyl halides is 1. The molecule has 18 heavy (non-hydrogen) atoms. The molecule has 1 unspecified atom stereocenters. The number of aromatic nitrogens is 2. The van der Waals surface area contributed by atoms with E-state index in [9.17, 15) is 4.79 Å². The van der Waals surface area contributed by atoms with E-state index in [1.807, 2.05) is 20.8 Å². The van der Waals surface area contributed by atoms with Crippen LogP contribution in [0.4, 0.5) is 5.82 Å². The molecule has 1 N–H and O–H groups in total. The summed E-state index contributed by atoms with van der Waals surface area (Å²) in [5, 5.41) is 3.11. The van der Waals surface area contributed by atoms with Crippen LogP contribution in [0.3, 0.4) is 0 Å². The van der Waals surface area contributed by atoms with Gasteiger partial charge in [-0.25, -0.2) is 4.98 Å². The standard InChI is InChI=1S/C13H22ClN3O/c1-10(5-6-14)9-16-11-12(18)17(8-7-15-11)13(2,3)4/h7-8,10H,5-6,9H2,1-4H3,(H,15,16). The maximum Gasteiger partial charge on any atom is 0.293 e. The molecule has 0 spiro atoms. The molecule has 0 fully saturated rings. The molecule has 1 aromatic rings. The van der Waals surface area contributed by atoms with Crippen LogP contribution in [0, 0.1) is 5.92 Å². The molecule has 0 amide bonds. The first-order valence-corrected chi connectivity index (χ1v) is 6.77. The Labute approximate surface area is 113 Å². The van der Waals surface area contributed by atoms with Crippen molar-refractivity contribution in [3.63, 3.8) is 0 Å². The van der Waals surface area contributed by atoms with Gasteiger partial charge in [-0.3, -0.25) is 4.79 Å². The van der Waals surface area contributed by atoms with Gasteiger partial charge in [-0.15, -0.1) is 11.6 Å². The lowest BCUT2D eigenvalue weighted by atomic mass is 10.1. The van der Waals surface area contributed by atoms with E-state index in [1.54, 1.807) is 17.0 Å². The summed E-state index contributed by atoms with van der Waals surface area (Å²) in [6.45, 7) is 8.79. The van der Waals surface area contributed by atoms with Crippen LogP contribution >= 0.6 is 11.6 Å². The second-order valence-corrected chi connectivity index (χ2v) is 5.96. The highest BCUT2D eigenvalue weighted by Crippen LogP contribution is 2.11. The summed E-state index contributed by atoms with van der Waals surface area (Å²) in [6, 6.07) is 0. The Bertz CT molecular complexity index is 437. The van der Waals surface area contributed by atoms with Gasteiger partial charge in [0.05, 0.1) is 0 Å². The molecule has 0 saturated carbocycles. The summed E-state index contributed by atoms with van der Waals surface area (Å²) in [5.41, 5.74) is -0.318. The Kier molecular flexibility index (Phi) is 5.20. The van der Waals surface area contributed by atoms with Gasteiger partial charge in [0.1, 0.15) is 0 Å². The monoisotopic (exact) mass is 271 g/mol. The normalized spacial score (nSPS) is 13.4. The predicted molar refractivity (Wildman–Crippen MR) is 76.5 cm³/mol. The second-order valence-electron chi connectivity index (χ2n) is 5.59. The van der Waals surface area contributed by atoms with Crippen LogP contribution < -0.4 is 10.9 Å². The molecular weight excluding hydrogens is 250 g/mol. The molecular formula is C13H22ClN3O. The van der Waals surface area contributed by atoms with E-state index in [4.69, 9.17) is 11.6 Å². The number of hydrogen-bond acceptors (Lipinski definition) is 3. The molecule has 0 aliphatic heterocycles. The van der Waals surface area contributed by atoms with Crippen molar-refractivity contribution in [3.8, 4) is 0 Å². The zero-order valence-electron chi connectivity index (χ0n) is 11.5. The van der Waals surface area contributed by atoms with Crippen LogP contribution in [-0.2, 0) is 5.54 Å². The first-order chi connectivity index (χ1) is 8.36. The molecule has 1 aromatic heterocycles. The summed E-state index contributed by atoms with van der Waals surface area (Å²) in [5.74, 6) is 1.47. The zero-order chi connectivity index (χ0) is 13.8. The number of hydrogen-bond donors (Lipinski definition) is 1. The first-order valence-electron chi connectivity index (χ1n) is 6.24.